The average molecular weight is 243 g/mol. The van der Waals surface area contributed by atoms with Crippen molar-refractivity contribution in [2.45, 2.75) is 32.2 Å². The first-order chi connectivity index (χ1) is 8.11. The SMILES string of the molecule is C[C@@H](CCCCN1CCOCC1)[C@H](N)C(N)=O. The Morgan fingerprint density at radius 2 is 2.00 bits per heavy atom. The van der Waals surface area contributed by atoms with Crippen molar-refractivity contribution >= 4 is 5.91 Å². The van der Waals surface area contributed by atoms with Crippen LogP contribution < -0.4 is 11.5 Å². The molecule has 1 rings (SSSR count). The van der Waals surface area contributed by atoms with Gasteiger partial charge in [-0.25, -0.2) is 0 Å². The van der Waals surface area contributed by atoms with E-state index in [0.29, 0.717) is 0 Å². The topological polar surface area (TPSA) is 81.6 Å². The van der Waals surface area contributed by atoms with Crippen molar-refractivity contribution in [2.24, 2.45) is 17.4 Å². The lowest BCUT2D eigenvalue weighted by Crippen LogP contribution is -2.41. The molecule has 1 aliphatic rings. The number of nitrogens with two attached hydrogens (primary N) is 2. The molecule has 100 valence electrons. The van der Waals surface area contributed by atoms with Crippen LogP contribution in [0.3, 0.4) is 0 Å². The summed E-state index contributed by atoms with van der Waals surface area (Å²) in [5.74, 6) is -0.220. The molecule has 0 spiro atoms. The van der Waals surface area contributed by atoms with E-state index in [1.807, 2.05) is 6.92 Å². The monoisotopic (exact) mass is 243 g/mol. The first kappa shape index (κ1) is 14.4. The summed E-state index contributed by atoms with van der Waals surface area (Å²) in [5.41, 5.74) is 10.9. The second-order valence-electron chi connectivity index (χ2n) is 4.86. The number of morpholine rings is 1. The minimum Gasteiger partial charge on any atom is -0.379 e. The number of rotatable bonds is 7. The van der Waals surface area contributed by atoms with Crippen molar-refractivity contribution in [1.29, 1.82) is 0 Å². The van der Waals surface area contributed by atoms with E-state index in [2.05, 4.69) is 4.90 Å². The smallest absolute Gasteiger partial charge is 0.234 e. The second kappa shape index (κ2) is 7.63. The molecule has 5 nitrogen and oxygen atoms in total. The zero-order valence-electron chi connectivity index (χ0n) is 10.7. The molecule has 5 heteroatoms. The third-order valence-corrected chi connectivity index (χ3v) is 3.43. The molecule has 1 aliphatic heterocycles. The first-order valence-electron chi connectivity index (χ1n) is 6.46. The summed E-state index contributed by atoms with van der Waals surface area (Å²) >= 11 is 0. The van der Waals surface area contributed by atoms with E-state index in [0.717, 1.165) is 52.1 Å². The lowest BCUT2D eigenvalue weighted by Gasteiger charge is -2.26. The van der Waals surface area contributed by atoms with Gasteiger partial charge in [-0.2, -0.15) is 0 Å². The van der Waals surface area contributed by atoms with Crippen LogP contribution in [-0.2, 0) is 9.53 Å². The largest absolute Gasteiger partial charge is 0.379 e. The molecule has 4 N–H and O–H groups in total. The van der Waals surface area contributed by atoms with Gasteiger partial charge < -0.3 is 16.2 Å². The van der Waals surface area contributed by atoms with E-state index in [1.54, 1.807) is 0 Å². The Morgan fingerprint density at radius 1 is 1.35 bits per heavy atom. The van der Waals surface area contributed by atoms with Crippen molar-refractivity contribution < 1.29 is 9.53 Å². The summed E-state index contributed by atoms with van der Waals surface area (Å²) in [4.78, 5) is 13.3. The summed E-state index contributed by atoms with van der Waals surface area (Å²) in [5, 5.41) is 0. The van der Waals surface area contributed by atoms with Gasteiger partial charge >= 0.3 is 0 Å². The molecule has 1 heterocycles. The van der Waals surface area contributed by atoms with E-state index in [4.69, 9.17) is 16.2 Å². The molecule has 0 aliphatic carbocycles. The fraction of sp³-hybridized carbons (Fsp3) is 0.917. The van der Waals surface area contributed by atoms with Gasteiger partial charge in [0.2, 0.25) is 5.91 Å². The van der Waals surface area contributed by atoms with Gasteiger partial charge in [0.15, 0.2) is 0 Å². The van der Waals surface area contributed by atoms with Crippen LogP contribution in [0.2, 0.25) is 0 Å². The molecule has 0 unspecified atom stereocenters. The van der Waals surface area contributed by atoms with Crippen molar-refractivity contribution in [3.63, 3.8) is 0 Å². The number of hydrogen-bond donors (Lipinski definition) is 2. The van der Waals surface area contributed by atoms with Crippen LogP contribution in [0.4, 0.5) is 0 Å². The Bertz CT molecular complexity index is 230. The predicted octanol–water partition coefficient (Wildman–Crippen LogP) is -0.0624. The summed E-state index contributed by atoms with van der Waals surface area (Å²) in [7, 11) is 0. The lowest BCUT2D eigenvalue weighted by atomic mass is 9.96. The summed E-state index contributed by atoms with van der Waals surface area (Å²) < 4.78 is 5.29. The Morgan fingerprint density at radius 3 is 2.59 bits per heavy atom. The number of unbranched alkanes of at least 4 members (excludes halogenated alkanes) is 1. The maximum atomic E-state index is 10.9. The fourth-order valence-corrected chi connectivity index (χ4v) is 2.09. The number of hydrogen-bond acceptors (Lipinski definition) is 4. The van der Waals surface area contributed by atoms with Gasteiger partial charge in [0.05, 0.1) is 19.3 Å². The molecule has 1 fully saturated rings. The summed E-state index contributed by atoms with van der Waals surface area (Å²) in [6, 6.07) is -0.501. The van der Waals surface area contributed by atoms with E-state index < -0.39 is 11.9 Å². The molecule has 0 bridgehead atoms. The molecule has 17 heavy (non-hydrogen) atoms. The number of amides is 1. The highest BCUT2D eigenvalue weighted by Gasteiger charge is 2.17. The van der Waals surface area contributed by atoms with Gasteiger partial charge in [0.25, 0.3) is 0 Å². The van der Waals surface area contributed by atoms with Gasteiger partial charge in [-0.15, -0.1) is 0 Å². The van der Waals surface area contributed by atoms with E-state index in [-0.39, 0.29) is 5.92 Å². The third kappa shape index (κ3) is 5.48. The van der Waals surface area contributed by atoms with Gasteiger partial charge in [-0.3, -0.25) is 9.69 Å². The Balaban J connectivity index is 2.04. The van der Waals surface area contributed by atoms with Crippen molar-refractivity contribution in [3.8, 4) is 0 Å². The van der Waals surface area contributed by atoms with Gasteiger partial charge in [-0.1, -0.05) is 13.3 Å². The van der Waals surface area contributed by atoms with Crippen LogP contribution in [0.15, 0.2) is 0 Å². The molecule has 1 amide bonds. The molecule has 0 saturated carbocycles. The maximum absolute atomic E-state index is 10.9. The number of primary amides is 1. The highest BCUT2D eigenvalue weighted by molar-refractivity contribution is 5.79. The zero-order valence-corrected chi connectivity index (χ0v) is 10.7. The fourth-order valence-electron chi connectivity index (χ4n) is 2.09. The number of carbonyl (C=O) groups excluding carboxylic acids is 1. The normalized spacial score (nSPS) is 21.1. The predicted molar refractivity (Wildman–Crippen MR) is 67.4 cm³/mol. The van der Waals surface area contributed by atoms with Gasteiger partial charge in [-0.05, 0) is 25.3 Å². The zero-order chi connectivity index (χ0) is 12.7. The molecule has 0 aromatic heterocycles. The molecule has 1 saturated heterocycles. The minimum absolute atomic E-state index is 0.178. The lowest BCUT2D eigenvalue weighted by molar-refractivity contribution is -0.120. The van der Waals surface area contributed by atoms with E-state index in [1.165, 1.54) is 0 Å². The Hall–Kier alpha value is -0.650. The van der Waals surface area contributed by atoms with Crippen LogP contribution in [0.5, 0.6) is 0 Å². The van der Waals surface area contributed by atoms with Crippen LogP contribution in [0.25, 0.3) is 0 Å². The maximum Gasteiger partial charge on any atom is 0.234 e. The number of ether oxygens (including phenoxy) is 1. The quantitative estimate of drug-likeness (QED) is 0.614. The van der Waals surface area contributed by atoms with Gasteiger partial charge in [0.1, 0.15) is 0 Å². The van der Waals surface area contributed by atoms with Crippen molar-refractivity contribution in [1.82, 2.24) is 4.90 Å². The van der Waals surface area contributed by atoms with E-state index >= 15 is 0 Å². The van der Waals surface area contributed by atoms with Crippen molar-refractivity contribution in [2.75, 3.05) is 32.8 Å². The van der Waals surface area contributed by atoms with E-state index in [9.17, 15) is 4.79 Å². The summed E-state index contributed by atoms with van der Waals surface area (Å²) in [6.45, 7) is 6.88. The number of nitrogens with zero attached hydrogens (tertiary/aromatic N) is 1. The van der Waals surface area contributed by atoms with Crippen molar-refractivity contribution in [3.05, 3.63) is 0 Å². The second-order valence-corrected chi connectivity index (χ2v) is 4.86. The highest BCUT2D eigenvalue weighted by Crippen LogP contribution is 2.11. The standard InChI is InChI=1S/C12H25N3O2/c1-10(11(13)12(14)16)4-2-3-5-15-6-8-17-9-7-15/h10-11H,2-9,13H2,1H3,(H2,14,16)/t10-,11-/m0/s1. The van der Waals surface area contributed by atoms with Crippen LogP contribution >= 0.6 is 0 Å². The minimum atomic E-state index is -0.501. The molecule has 0 aromatic carbocycles. The van der Waals surface area contributed by atoms with Gasteiger partial charge in [0, 0.05) is 13.1 Å². The first-order valence-corrected chi connectivity index (χ1v) is 6.46. The molecule has 0 radical (unpaired) electrons. The van der Waals surface area contributed by atoms with Crippen LogP contribution in [0.1, 0.15) is 26.2 Å². The highest BCUT2D eigenvalue weighted by atomic mass is 16.5. The molecular formula is C12H25N3O2. The Kier molecular flexibility index (Phi) is 6.47. The molecular weight excluding hydrogens is 218 g/mol. The van der Waals surface area contributed by atoms with Crippen LogP contribution in [-0.4, -0.2) is 49.7 Å². The van der Waals surface area contributed by atoms with Crippen LogP contribution in [0, 0.1) is 5.92 Å². The average Bonchev–Trinajstić information content (AvgIpc) is 2.34. The molecule has 0 aromatic rings. The number of carbonyl (C=O) groups is 1. The summed E-state index contributed by atoms with van der Waals surface area (Å²) in [6.07, 6.45) is 3.21. The molecule has 2 atom stereocenters. The third-order valence-electron chi connectivity index (χ3n) is 3.43. The Labute approximate surface area is 103 Å².